The molecule has 0 amide bonds. The summed E-state index contributed by atoms with van der Waals surface area (Å²) in [7, 11) is 0. The Morgan fingerprint density at radius 3 is 1.19 bits per heavy atom. The summed E-state index contributed by atoms with van der Waals surface area (Å²) in [6, 6.07) is 6.04. The van der Waals surface area contributed by atoms with Gasteiger partial charge in [-0.05, 0) is 48.3 Å². The predicted molar refractivity (Wildman–Crippen MR) is 180 cm³/mol. The van der Waals surface area contributed by atoms with Gasteiger partial charge >= 0.3 is 17.1 Å². The largest absolute Gasteiger partial charge is 2.00 e. The van der Waals surface area contributed by atoms with Crippen molar-refractivity contribution in [1.29, 1.82) is 0 Å². The number of aliphatic imine (C=N–C) groups is 2. The van der Waals surface area contributed by atoms with Gasteiger partial charge in [0.25, 0.3) is 0 Å². The first kappa shape index (κ1) is 40.6. The second-order valence-electron chi connectivity index (χ2n) is 11.2. The van der Waals surface area contributed by atoms with E-state index in [0.717, 1.165) is 0 Å². The van der Waals surface area contributed by atoms with Crippen molar-refractivity contribution in [3.63, 3.8) is 0 Å². The van der Waals surface area contributed by atoms with Crippen molar-refractivity contribution < 1.29 is 61.7 Å². The topological polar surface area (TPSA) is 71.4 Å². The number of hydrogen-bond acceptors (Lipinski definition) is 4. The van der Waals surface area contributed by atoms with Gasteiger partial charge in [-0.15, -0.1) is 11.4 Å². The van der Waals surface area contributed by atoms with Gasteiger partial charge in [0.1, 0.15) is 0 Å². The van der Waals surface area contributed by atoms with Crippen LogP contribution in [0.4, 0.5) is 35.1 Å². The van der Waals surface area contributed by atoms with Crippen molar-refractivity contribution in [2.24, 2.45) is 9.98 Å². The van der Waals surface area contributed by atoms with E-state index >= 15 is 0 Å². The zero-order valence-corrected chi connectivity index (χ0v) is 29.0. The molecular formula is C38H30CuF8N4O2. The molecule has 0 unspecified atom stereocenters. The molecule has 6 nitrogen and oxygen atoms in total. The molecule has 0 N–H and O–H groups in total. The molecule has 2 aromatic heterocycles. The van der Waals surface area contributed by atoms with Crippen molar-refractivity contribution in [2.45, 2.75) is 39.5 Å². The van der Waals surface area contributed by atoms with Crippen LogP contribution in [0.1, 0.15) is 62.0 Å². The fraction of sp³-hybridized carbons (Fsp3) is 0.211. The van der Waals surface area contributed by atoms with E-state index in [1.807, 2.05) is 13.8 Å². The molecule has 4 aromatic rings. The average Bonchev–Trinajstić information content (AvgIpc) is 3.99. The second-order valence-corrected chi connectivity index (χ2v) is 11.2. The summed E-state index contributed by atoms with van der Waals surface area (Å²) in [5.41, 5.74) is -1.37. The third-order valence-corrected chi connectivity index (χ3v) is 7.67. The molecule has 0 saturated carbocycles. The smallest absolute Gasteiger partial charge is 0.664 e. The van der Waals surface area contributed by atoms with Gasteiger partial charge < -0.3 is 19.4 Å². The first-order valence-electron chi connectivity index (χ1n) is 16.2. The third kappa shape index (κ3) is 8.58. The number of ether oxygens (including phenoxy) is 2. The molecule has 2 aliphatic rings. The Labute approximate surface area is 310 Å². The van der Waals surface area contributed by atoms with Crippen LogP contribution in [0.15, 0.2) is 82.3 Å². The van der Waals surface area contributed by atoms with Crippen LogP contribution in [0.25, 0.3) is 11.1 Å². The maximum absolute atomic E-state index is 14.7. The van der Waals surface area contributed by atoms with Crippen molar-refractivity contribution in [3.8, 4) is 11.5 Å². The number of nitrogens with zero attached hydrogens (tertiary/aromatic N) is 4. The van der Waals surface area contributed by atoms with Gasteiger partial charge in [0.15, 0.2) is 34.8 Å². The van der Waals surface area contributed by atoms with Crippen molar-refractivity contribution >= 4 is 23.6 Å². The van der Waals surface area contributed by atoms with E-state index in [2.05, 4.69) is 20.0 Å². The van der Waals surface area contributed by atoms with E-state index in [0.29, 0.717) is 25.7 Å². The molecule has 0 saturated heterocycles. The third-order valence-electron chi connectivity index (χ3n) is 7.67. The SMILES string of the molecule is CCCCOc1c(F)c(F)c(C(=C2C=CC=N2)c2ccc[n-]2)c(F)c1F.CCCCOc1c(F)c(F)c(C(=C2C=CC=N2)c2ccc[n-]2)c(F)c1F.[Cu+2]. The van der Waals surface area contributed by atoms with Crippen LogP contribution in [-0.4, -0.2) is 25.6 Å². The summed E-state index contributed by atoms with van der Waals surface area (Å²) in [5, 5.41) is 0. The standard InChI is InChI=1S/2C19H15F4N2O.Cu/c2*1-2-3-10-26-19-17(22)15(20)14(16(21)18(19)23)13(11-6-4-8-24-11)12-7-5-9-25-12;/h2*4-9H,2-3,10H2,1H3;/q2*-1;+2. The zero-order chi connectivity index (χ0) is 37.4. The Bertz CT molecular complexity index is 1870. The fourth-order valence-corrected chi connectivity index (χ4v) is 5.12. The molecule has 1 radical (unpaired) electrons. The fourth-order valence-electron chi connectivity index (χ4n) is 5.12. The Kier molecular flexibility index (Phi) is 14.2. The first-order chi connectivity index (χ1) is 25.1. The molecule has 2 aromatic carbocycles. The van der Waals surface area contributed by atoms with E-state index in [4.69, 9.17) is 9.47 Å². The molecule has 4 heterocycles. The number of allylic oxidation sites excluding steroid dienone is 4. The molecule has 2 aliphatic heterocycles. The Balaban J connectivity index is 0.000000232. The van der Waals surface area contributed by atoms with E-state index in [9.17, 15) is 35.1 Å². The number of hydrogen-bond donors (Lipinski definition) is 0. The van der Waals surface area contributed by atoms with Crippen molar-refractivity contribution in [3.05, 3.63) is 141 Å². The predicted octanol–water partition coefficient (Wildman–Crippen LogP) is 9.56. The maximum atomic E-state index is 14.7. The second kappa shape index (κ2) is 18.6. The maximum Gasteiger partial charge on any atom is 2.00 e. The van der Waals surface area contributed by atoms with Crippen LogP contribution in [-0.2, 0) is 17.1 Å². The molecule has 53 heavy (non-hydrogen) atoms. The summed E-state index contributed by atoms with van der Waals surface area (Å²) >= 11 is 0. The zero-order valence-electron chi connectivity index (χ0n) is 28.1. The Morgan fingerprint density at radius 1 is 0.566 bits per heavy atom. The summed E-state index contributed by atoms with van der Waals surface area (Å²) in [5.74, 6) is -14.6. The number of unbranched alkanes of at least 4 members (excludes halogenated alkanes) is 2. The molecule has 281 valence electrons. The van der Waals surface area contributed by atoms with Crippen LogP contribution in [0.3, 0.4) is 0 Å². The van der Waals surface area contributed by atoms with Gasteiger partial charge in [0.05, 0.1) is 35.7 Å². The van der Waals surface area contributed by atoms with Crippen LogP contribution >= 0.6 is 0 Å². The van der Waals surface area contributed by atoms with E-state index in [1.165, 1.54) is 49.1 Å². The minimum absolute atomic E-state index is 0. The summed E-state index contributed by atoms with van der Waals surface area (Å²) in [6.07, 6.45) is 14.1. The summed E-state index contributed by atoms with van der Waals surface area (Å²) in [4.78, 5) is 15.9. The molecule has 0 atom stereocenters. The van der Waals surface area contributed by atoms with Crippen LogP contribution in [0.2, 0.25) is 0 Å². The van der Waals surface area contributed by atoms with Crippen LogP contribution in [0.5, 0.6) is 11.5 Å². The Hall–Kier alpha value is -5.14. The van der Waals surface area contributed by atoms with Gasteiger partial charge in [-0.1, -0.05) is 51.0 Å². The summed E-state index contributed by atoms with van der Waals surface area (Å²) < 4.78 is 126. The minimum Gasteiger partial charge on any atom is -0.664 e. The first-order valence-corrected chi connectivity index (χ1v) is 16.2. The van der Waals surface area contributed by atoms with Gasteiger partial charge in [-0.3, -0.25) is 9.98 Å². The minimum atomic E-state index is -1.58. The normalized spacial score (nSPS) is 14.7. The molecule has 0 aliphatic carbocycles. The number of halogens is 8. The van der Waals surface area contributed by atoms with Crippen molar-refractivity contribution in [2.75, 3.05) is 13.2 Å². The molecule has 6 rings (SSSR count). The number of rotatable bonds is 12. The van der Waals surface area contributed by atoms with Crippen molar-refractivity contribution in [1.82, 2.24) is 9.97 Å². The van der Waals surface area contributed by atoms with E-state index in [1.54, 1.807) is 24.3 Å². The van der Waals surface area contributed by atoms with E-state index < -0.39 is 69.2 Å². The summed E-state index contributed by atoms with van der Waals surface area (Å²) in [6.45, 7) is 3.60. The molecule has 0 fully saturated rings. The molecule has 0 spiro atoms. The van der Waals surface area contributed by atoms with Crippen LogP contribution < -0.4 is 19.4 Å². The van der Waals surface area contributed by atoms with E-state index in [-0.39, 0.29) is 64.2 Å². The molecule has 15 heteroatoms. The molecule has 0 bridgehead atoms. The van der Waals surface area contributed by atoms with Gasteiger partial charge in [-0.2, -0.15) is 30.0 Å². The van der Waals surface area contributed by atoms with Gasteiger partial charge in [0, 0.05) is 12.4 Å². The van der Waals surface area contributed by atoms with Gasteiger partial charge in [-0.25, -0.2) is 17.6 Å². The quantitative estimate of drug-likeness (QED) is 0.0621. The number of aromatic nitrogens is 2. The monoisotopic (exact) mass is 789 g/mol. The Morgan fingerprint density at radius 2 is 0.925 bits per heavy atom. The average molecular weight is 790 g/mol. The number of benzene rings is 2. The molecular weight excluding hydrogens is 760 g/mol. The van der Waals surface area contributed by atoms with Gasteiger partial charge in [0.2, 0.25) is 23.3 Å². The van der Waals surface area contributed by atoms with Crippen LogP contribution in [0, 0.1) is 46.5 Å².